The van der Waals surface area contributed by atoms with Gasteiger partial charge in [-0.25, -0.2) is 14.7 Å². The molecular formula is C27H21FN4O3. The van der Waals surface area contributed by atoms with Crippen LogP contribution < -0.4 is 10.8 Å². The fourth-order valence-electron chi connectivity index (χ4n) is 4.83. The summed E-state index contributed by atoms with van der Waals surface area (Å²) in [5.41, 5.74) is 6.11. The van der Waals surface area contributed by atoms with Crippen LogP contribution in [0.1, 0.15) is 21.5 Å². The van der Waals surface area contributed by atoms with Gasteiger partial charge in [-0.05, 0) is 41.0 Å². The number of hydrogen-bond donors (Lipinski definition) is 2. The third-order valence-electron chi connectivity index (χ3n) is 6.61. The normalized spacial score (nSPS) is 19.4. The van der Waals surface area contributed by atoms with Gasteiger partial charge in [0.1, 0.15) is 18.0 Å². The molecule has 0 radical (unpaired) electrons. The Morgan fingerprint density at radius 3 is 2.66 bits per heavy atom. The van der Waals surface area contributed by atoms with E-state index in [9.17, 15) is 14.0 Å². The van der Waals surface area contributed by atoms with Crippen molar-refractivity contribution in [2.45, 2.75) is 12.1 Å². The van der Waals surface area contributed by atoms with Crippen LogP contribution >= 0.6 is 0 Å². The van der Waals surface area contributed by atoms with Crippen molar-refractivity contribution in [1.29, 1.82) is 0 Å². The number of nitrogens with zero attached hydrogens (tertiary/aromatic N) is 2. The van der Waals surface area contributed by atoms with Crippen molar-refractivity contribution in [3.63, 3.8) is 0 Å². The molecule has 2 aliphatic heterocycles. The average Bonchev–Trinajstić information content (AvgIpc) is 3.18. The van der Waals surface area contributed by atoms with Crippen molar-refractivity contribution in [2.75, 3.05) is 13.2 Å². The summed E-state index contributed by atoms with van der Waals surface area (Å²) in [6.45, 7) is 0.622. The molecule has 1 atom stereocenters. The van der Waals surface area contributed by atoms with Gasteiger partial charge in [0.05, 0.1) is 12.1 Å². The molecule has 6 rings (SSSR count). The van der Waals surface area contributed by atoms with Gasteiger partial charge in [0, 0.05) is 29.3 Å². The van der Waals surface area contributed by atoms with Crippen LogP contribution in [0.4, 0.5) is 9.18 Å². The van der Waals surface area contributed by atoms with Crippen LogP contribution in [-0.4, -0.2) is 35.0 Å². The molecule has 3 amide bonds. The molecule has 1 aromatic heterocycles. The van der Waals surface area contributed by atoms with Gasteiger partial charge in [-0.2, -0.15) is 0 Å². The number of pyridine rings is 1. The van der Waals surface area contributed by atoms with Gasteiger partial charge in [0.15, 0.2) is 0 Å². The van der Waals surface area contributed by atoms with Crippen LogP contribution in [0.3, 0.4) is 0 Å². The van der Waals surface area contributed by atoms with Crippen LogP contribution in [0.15, 0.2) is 79.0 Å². The second kappa shape index (κ2) is 8.18. The lowest BCUT2D eigenvalue weighted by Crippen LogP contribution is -2.62. The molecule has 0 saturated carbocycles. The van der Waals surface area contributed by atoms with Crippen molar-refractivity contribution >= 4 is 22.8 Å². The Balaban J connectivity index is 1.32. The molecule has 0 bridgehead atoms. The van der Waals surface area contributed by atoms with Crippen LogP contribution in [0.25, 0.3) is 22.0 Å². The molecule has 4 aromatic rings. The SMILES string of the molecule is O=C1NOCC(CN2Cc3ccc(F)cc3C2=O)(c2ccc(-c3cnc4ccccc4c3)cc2)N1. The zero-order valence-corrected chi connectivity index (χ0v) is 18.6. The minimum absolute atomic E-state index is 0.115. The maximum absolute atomic E-state index is 13.7. The van der Waals surface area contributed by atoms with E-state index in [-0.39, 0.29) is 19.1 Å². The smallest absolute Gasteiger partial charge is 0.331 e. The van der Waals surface area contributed by atoms with E-state index in [0.29, 0.717) is 12.1 Å². The average molecular weight is 468 g/mol. The van der Waals surface area contributed by atoms with E-state index in [1.165, 1.54) is 12.1 Å². The van der Waals surface area contributed by atoms with Crippen molar-refractivity contribution in [3.8, 4) is 11.1 Å². The van der Waals surface area contributed by atoms with E-state index in [0.717, 1.165) is 33.2 Å². The van der Waals surface area contributed by atoms with Gasteiger partial charge in [0.25, 0.3) is 5.91 Å². The number of carbonyl (C=O) groups is 2. The number of hydroxylamine groups is 1. The highest BCUT2D eigenvalue weighted by Crippen LogP contribution is 2.32. The number of nitrogens with one attached hydrogen (secondary N) is 2. The Morgan fingerprint density at radius 2 is 1.83 bits per heavy atom. The van der Waals surface area contributed by atoms with Gasteiger partial charge < -0.3 is 10.2 Å². The van der Waals surface area contributed by atoms with Crippen molar-refractivity contribution in [1.82, 2.24) is 20.7 Å². The predicted molar refractivity (Wildman–Crippen MR) is 128 cm³/mol. The summed E-state index contributed by atoms with van der Waals surface area (Å²) >= 11 is 0. The molecule has 7 nitrogen and oxygen atoms in total. The second-order valence-electron chi connectivity index (χ2n) is 8.88. The van der Waals surface area contributed by atoms with Gasteiger partial charge in [-0.3, -0.25) is 14.6 Å². The van der Waals surface area contributed by atoms with Gasteiger partial charge >= 0.3 is 6.03 Å². The first kappa shape index (κ1) is 21.2. The maximum atomic E-state index is 13.7. The third kappa shape index (κ3) is 3.77. The molecule has 1 fully saturated rings. The number of rotatable bonds is 4. The fourth-order valence-corrected chi connectivity index (χ4v) is 4.83. The molecule has 1 saturated heterocycles. The number of fused-ring (bicyclic) bond motifs is 2. The first-order valence-corrected chi connectivity index (χ1v) is 11.2. The predicted octanol–water partition coefficient (Wildman–Crippen LogP) is 4.14. The number of aromatic nitrogens is 1. The van der Waals surface area contributed by atoms with Gasteiger partial charge in [-0.1, -0.05) is 48.5 Å². The van der Waals surface area contributed by atoms with E-state index in [1.807, 2.05) is 54.7 Å². The largest absolute Gasteiger partial charge is 0.339 e. The van der Waals surface area contributed by atoms with Gasteiger partial charge in [-0.15, -0.1) is 0 Å². The number of halogens is 1. The molecule has 174 valence electrons. The maximum Gasteiger partial charge on any atom is 0.339 e. The van der Waals surface area contributed by atoms with Crippen molar-refractivity contribution < 1.29 is 18.8 Å². The lowest BCUT2D eigenvalue weighted by molar-refractivity contribution is -0.0221. The lowest BCUT2D eigenvalue weighted by atomic mass is 9.88. The van der Waals surface area contributed by atoms with Crippen LogP contribution in [0.5, 0.6) is 0 Å². The third-order valence-corrected chi connectivity index (χ3v) is 6.61. The second-order valence-corrected chi connectivity index (χ2v) is 8.88. The molecule has 35 heavy (non-hydrogen) atoms. The van der Waals surface area contributed by atoms with E-state index >= 15 is 0 Å². The zero-order valence-electron chi connectivity index (χ0n) is 18.6. The summed E-state index contributed by atoms with van der Waals surface area (Å²) in [4.78, 5) is 36.8. The number of carbonyl (C=O) groups excluding carboxylic acids is 2. The summed E-state index contributed by atoms with van der Waals surface area (Å²) in [6, 6.07) is 21.5. The first-order chi connectivity index (χ1) is 17.0. The number of para-hydroxylation sites is 1. The number of urea groups is 1. The number of benzene rings is 3. The van der Waals surface area contributed by atoms with Crippen LogP contribution in [0.2, 0.25) is 0 Å². The Kier molecular flexibility index (Phi) is 4.96. The van der Waals surface area contributed by atoms with Crippen molar-refractivity contribution in [2.24, 2.45) is 0 Å². The molecule has 3 aromatic carbocycles. The van der Waals surface area contributed by atoms with Gasteiger partial charge in [0.2, 0.25) is 0 Å². The van der Waals surface area contributed by atoms with E-state index in [4.69, 9.17) is 4.84 Å². The Hall–Kier alpha value is -4.30. The van der Waals surface area contributed by atoms with Crippen LogP contribution in [0, 0.1) is 5.82 Å². The number of amides is 3. The summed E-state index contributed by atoms with van der Waals surface area (Å²) in [5, 5.41) is 4.01. The topological polar surface area (TPSA) is 83.6 Å². The Labute approximate surface area is 200 Å². The number of hydrogen-bond acceptors (Lipinski definition) is 4. The van der Waals surface area contributed by atoms with Crippen LogP contribution in [-0.2, 0) is 16.9 Å². The standard InChI is InChI=1S/C27H21FN4O3/c28-22-10-7-19-14-32(25(33)23(19)12-22)15-27(16-35-31-26(34)30-27)21-8-5-17(6-9-21)20-11-18-3-1-2-4-24(18)29-13-20/h1-13H,14-16H2,(H2,30,31,34). The molecule has 2 N–H and O–H groups in total. The highest BCUT2D eigenvalue weighted by Gasteiger charge is 2.42. The Morgan fingerprint density at radius 1 is 1.00 bits per heavy atom. The summed E-state index contributed by atoms with van der Waals surface area (Å²) in [6.07, 6.45) is 1.84. The summed E-state index contributed by atoms with van der Waals surface area (Å²) in [5.74, 6) is -0.726. The lowest BCUT2D eigenvalue weighted by Gasteiger charge is -2.40. The quantitative estimate of drug-likeness (QED) is 0.472. The molecule has 3 heterocycles. The minimum Gasteiger partial charge on any atom is -0.331 e. The van der Waals surface area contributed by atoms with Crippen molar-refractivity contribution in [3.05, 3.63) is 102 Å². The molecular weight excluding hydrogens is 447 g/mol. The Bertz CT molecular complexity index is 1470. The summed E-state index contributed by atoms with van der Waals surface area (Å²) in [7, 11) is 0. The first-order valence-electron chi connectivity index (χ1n) is 11.2. The highest BCUT2D eigenvalue weighted by molar-refractivity contribution is 5.98. The fraction of sp³-hybridized carbons (Fsp3) is 0.148. The molecule has 0 aliphatic carbocycles. The summed E-state index contributed by atoms with van der Waals surface area (Å²) < 4.78 is 13.7. The van der Waals surface area contributed by atoms with E-state index < -0.39 is 17.4 Å². The molecule has 2 aliphatic rings. The monoisotopic (exact) mass is 468 g/mol. The van der Waals surface area contributed by atoms with E-state index in [2.05, 4.69) is 21.8 Å². The van der Waals surface area contributed by atoms with E-state index in [1.54, 1.807) is 11.0 Å². The molecule has 1 unspecified atom stereocenters. The molecule has 0 spiro atoms. The molecule has 8 heteroatoms. The minimum atomic E-state index is -0.973. The zero-order chi connectivity index (χ0) is 24.0. The highest BCUT2D eigenvalue weighted by atomic mass is 19.1.